The Labute approximate surface area is 159 Å². The van der Waals surface area contributed by atoms with Crippen LogP contribution in [0.2, 0.25) is 0 Å². The quantitative estimate of drug-likeness (QED) is 0.723. The first-order chi connectivity index (χ1) is 13.2. The van der Waals surface area contributed by atoms with E-state index in [2.05, 4.69) is 10.00 Å². The summed E-state index contributed by atoms with van der Waals surface area (Å²) in [5.74, 6) is 2.70. The van der Waals surface area contributed by atoms with Gasteiger partial charge in [0.15, 0.2) is 0 Å². The van der Waals surface area contributed by atoms with Gasteiger partial charge >= 0.3 is 0 Å². The van der Waals surface area contributed by atoms with Gasteiger partial charge in [-0.1, -0.05) is 0 Å². The zero-order chi connectivity index (χ0) is 18.6. The van der Waals surface area contributed by atoms with Crippen molar-refractivity contribution in [2.75, 3.05) is 13.2 Å². The van der Waals surface area contributed by atoms with Gasteiger partial charge in [0.2, 0.25) is 0 Å². The van der Waals surface area contributed by atoms with Crippen molar-refractivity contribution in [1.82, 2.24) is 14.7 Å². The Kier molecular flexibility index (Phi) is 5.27. The minimum atomic E-state index is -0.0103. The van der Waals surface area contributed by atoms with Crippen molar-refractivity contribution in [3.05, 3.63) is 59.6 Å². The normalized spacial score (nSPS) is 14.7. The lowest BCUT2D eigenvalue weighted by Crippen LogP contribution is -2.22. The van der Waals surface area contributed by atoms with Crippen LogP contribution in [0.1, 0.15) is 30.5 Å². The number of aromatic nitrogens is 2. The molecular formula is C21H25N3O3. The monoisotopic (exact) mass is 367 g/mol. The predicted octanol–water partition coefficient (Wildman–Crippen LogP) is 3.44. The average Bonchev–Trinajstić information content (AvgIpc) is 3.25. The van der Waals surface area contributed by atoms with E-state index in [1.807, 2.05) is 54.1 Å². The summed E-state index contributed by atoms with van der Waals surface area (Å²) < 4.78 is 13.6. The molecule has 0 saturated heterocycles. The molecule has 6 heteroatoms. The molecule has 142 valence electrons. The zero-order valence-electron chi connectivity index (χ0n) is 15.6. The maximum Gasteiger partial charge on any atom is 0.134 e. The van der Waals surface area contributed by atoms with Crippen LogP contribution in [0, 0.1) is 0 Å². The molecule has 3 aromatic rings. The Morgan fingerprint density at radius 3 is 2.78 bits per heavy atom. The lowest BCUT2D eigenvalue weighted by Gasteiger charge is -2.17. The fraction of sp³-hybridized carbons (Fsp3) is 0.381. The summed E-state index contributed by atoms with van der Waals surface area (Å²) in [4.78, 5) is 2.36. The second-order valence-corrected chi connectivity index (χ2v) is 6.80. The van der Waals surface area contributed by atoms with Crippen LogP contribution >= 0.6 is 0 Å². The number of benzene rings is 1. The molecule has 3 heterocycles. The van der Waals surface area contributed by atoms with Gasteiger partial charge in [-0.2, -0.15) is 5.10 Å². The Hall–Kier alpha value is -2.57. The second kappa shape index (κ2) is 7.98. The highest BCUT2D eigenvalue weighted by molar-refractivity contribution is 5.58. The molecular weight excluding hydrogens is 342 g/mol. The van der Waals surface area contributed by atoms with Gasteiger partial charge in [-0.15, -0.1) is 0 Å². The van der Waals surface area contributed by atoms with Gasteiger partial charge in [-0.25, -0.2) is 0 Å². The van der Waals surface area contributed by atoms with E-state index in [4.69, 9.17) is 9.15 Å². The van der Waals surface area contributed by atoms with Crippen molar-refractivity contribution in [1.29, 1.82) is 0 Å². The van der Waals surface area contributed by atoms with Crippen molar-refractivity contribution in [2.45, 2.75) is 39.6 Å². The van der Waals surface area contributed by atoms with E-state index in [0.29, 0.717) is 6.61 Å². The molecule has 0 aliphatic carbocycles. The number of rotatable bonds is 6. The van der Waals surface area contributed by atoms with Crippen LogP contribution in [0.4, 0.5) is 0 Å². The third-order valence-electron chi connectivity index (χ3n) is 4.80. The average molecular weight is 367 g/mol. The molecule has 1 aliphatic rings. The van der Waals surface area contributed by atoms with Crippen molar-refractivity contribution < 1.29 is 14.3 Å². The summed E-state index contributed by atoms with van der Waals surface area (Å²) >= 11 is 0. The number of aryl methyl sites for hydroxylation is 1. The standard InChI is InChI=1S/C21H25N3O3/c1-2-26-19-6-4-16(5-7-19)21-9-8-20(27-21)14-23-10-3-11-24-18(13-23)12-17(15-25)22-24/h4-9,12,25H,2-3,10-11,13-15H2,1H3. The van der Waals surface area contributed by atoms with Crippen molar-refractivity contribution >= 4 is 0 Å². The Balaban J connectivity index is 1.44. The van der Waals surface area contributed by atoms with Gasteiger partial charge in [0, 0.05) is 25.2 Å². The van der Waals surface area contributed by atoms with E-state index < -0.39 is 0 Å². The summed E-state index contributed by atoms with van der Waals surface area (Å²) in [6.45, 7) is 6.09. The molecule has 0 fully saturated rings. The lowest BCUT2D eigenvalue weighted by molar-refractivity contribution is 0.239. The minimum absolute atomic E-state index is 0.0103. The van der Waals surface area contributed by atoms with Gasteiger partial charge in [0.1, 0.15) is 17.3 Å². The third kappa shape index (κ3) is 4.07. The van der Waals surface area contributed by atoms with E-state index in [1.165, 1.54) is 0 Å². The zero-order valence-corrected chi connectivity index (χ0v) is 15.6. The van der Waals surface area contributed by atoms with Crippen molar-refractivity contribution in [2.24, 2.45) is 0 Å². The molecule has 1 aliphatic heterocycles. The second-order valence-electron chi connectivity index (χ2n) is 6.80. The molecule has 0 unspecified atom stereocenters. The van der Waals surface area contributed by atoms with E-state index in [1.54, 1.807) is 0 Å². The molecule has 1 N–H and O–H groups in total. The summed E-state index contributed by atoms with van der Waals surface area (Å²) in [6.07, 6.45) is 1.03. The SMILES string of the molecule is CCOc1ccc(-c2ccc(CN3CCCn4nc(CO)cc4C3)o2)cc1. The first-order valence-corrected chi connectivity index (χ1v) is 9.46. The maximum absolute atomic E-state index is 9.30. The fourth-order valence-electron chi connectivity index (χ4n) is 3.52. The van der Waals surface area contributed by atoms with E-state index in [-0.39, 0.29) is 6.61 Å². The molecule has 1 aromatic carbocycles. The number of ether oxygens (including phenoxy) is 1. The van der Waals surface area contributed by atoms with E-state index >= 15 is 0 Å². The number of fused-ring (bicyclic) bond motifs is 1. The molecule has 2 aromatic heterocycles. The molecule has 6 nitrogen and oxygen atoms in total. The van der Waals surface area contributed by atoms with Crippen molar-refractivity contribution in [3.63, 3.8) is 0 Å². The molecule has 4 rings (SSSR count). The molecule has 0 amide bonds. The summed E-state index contributed by atoms with van der Waals surface area (Å²) in [5.41, 5.74) is 2.93. The van der Waals surface area contributed by atoms with Crippen LogP contribution in [0.3, 0.4) is 0 Å². The first-order valence-electron chi connectivity index (χ1n) is 9.46. The van der Waals surface area contributed by atoms with Gasteiger partial charge in [0.05, 0.1) is 31.1 Å². The first kappa shape index (κ1) is 17.8. The van der Waals surface area contributed by atoms with Gasteiger partial charge in [-0.3, -0.25) is 9.58 Å². The van der Waals surface area contributed by atoms with Crippen LogP contribution in [0.5, 0.6) is 5.75 Å². The Bertz CT molecular complexity index is 882. The Morgan fingerprint density at radius 2 is 2.00 bits per heavy atom. The topological polar surface area (TPSA) is 63.7 Å². The summed E-state index contributed by atoms with van der Waals surface area (Å²) in [7, 11) is 0. The van der Waals surface area contributed by atoms with Crippen LogP contribution in [-0.2, 0) is 26.2 Å². The van der Waals surface area contributed by atoms with E-state index in [9.17, 15) is 5.11 Å². The molecule has 27 heavy (non-hydrogen) atoms. The van der Waals surface area contributed by atoms with Gasteiger partial charge in [-0.05, 0) is 55.8 Å². The predicted molar refractivity (Wildman–Crippen MR) is 102 cm³/mol. The number of hydrogen-bond donors (Lipinski definition) is 1. The van der Waals surface area contributed by atoms with Crippen LogP contribution < -0.4 is 4.74 Å². The van der Waals surface area contributed by atoms with E-state index in [0.717, 1.165) is 66.8 Å². The lowest BCUT2D eigenvalue weighted by atomic mass is 10.2. The van der Waals surface area contributed by atoms with Gasteiger partial charge in [0.25, 0.3) is 0 Å². The number of aliphatic hydroxyl groups excluding tert-OH is 1. The van der Waals surface area contributed by atoms with Crippen LogP contribution in [0.25, 0.3) is 11.3 Å². The van der Waals surface area contributed by atoms with Crippen molar-refractivity contribution in [3.8, 4) is 17.1 Å². The largest absolute Gasteiger partial charge is 0.494 e. The number of nitrogens with zero attached hydrogens (tertiary/aromatic N) is 3. The number of aliphatic hydroxyl groups is 1. The van der Waals surface area contributed by atoms with Crippen LogP contribution in [-0.4, -0.2) is 32.9 Å². The third-order valence-corrected chi connectivity index (χ3v) is 4.80. The highest BCUT2D eigenvalue weighted by atomic mass is 16.5. The molecule has 0 atom stereocenters. The highest BCUT2D eigenvalue weighted by Crippen LogP contribution is 2.26. The molecule has 0 spiro atoms. The molecule has 0 saturated carbocycles. The highest BCUT2D eigenvalue weighted by Gasteiger charge is 2.18. The molecule has 0 bridgehead atoms. The number of hydrogen-bond acceptors (Lipinski definition) is 5. The maximum atomic E-state index is 9.30. The number of furan rings is 1. The fourth-order valence-corrected chi connectivity index (χ4v) is 3.52. The minimum Gasteiger partial charge on any atom is -0.494 e. The summed E-state index contributed by atoms with van der Waals surface area (Å²) in [5, 5.41) is 13.7. The molecule has 0 radical (unpaired) electrons. The smallest absolute Gasteiger partial charge is 0.134 e. The Morgan fingerprint density at radius 1 is 1.15 bits per heavy atom. The van der Waals surface area contributed by atoms with Gasteiger partial charge < -0.3 is 14.3 Å². The van der Waals surface area contributed by atoms with Crippen LogP contribution in [0.15, 0.2) is 46.9 Å². The summed E-state index contributed by atoms with van der Waals surface area (Å²) in [6, 6.07) is 14.0.